The Morgan fingerprint density at radius 1 is 1.27 bits per heavy atom. The first-order valence-corrected chi connectivity index (χ1v) is 6.44. The van der Waals surface area contributed by atoms with Crippen LogP contribution in [0.2, 0.25) is 0 Å². The van der Waals surface area contributed by atoms with Crippen LogP contribution >= 0.6 is 0 Å². The SMILES string of the molecule is CS(=O)(=O)CCc1ccc(C(=O)O)cc1. The first kappa shape index (κ1) is 11.7. The van der Waals surface area contributed by atoms with E-state index in [0.717, 1.165) is 5.56 Å². The molecule has 0 aromatic heterocycles. The molecular formula is C10H12O4S. The van der Waals surface area contributed by atoms with Gasteiger partial charge in [0.1, 0.15) is 9.84 Å². The minimum Gasteiger partial charge on any atom is -0.478 e. The number of hydrogen-bond donors (Lipinski definition) is 1. The molecule has 1 rings (SSSR count). The maximum atomic E-state index is 10.9. The topological polar surface area (TPSA) is 71.4 Å². The summed E-state index contributed by atoms with van der Waals surface area (Å²) in [7, 11) is -2.97. The Bertz CT molecular complexity index is 445. The highest BCUT2D eigenvalue weighted by Crippen LogP contribution is 2.06. The molecule has 0 bridgehead atoms. The maximum Gasteiger partial charge on any atom is 0.335 e. The third-order valence-corrected chi connectivity index (χ3v) is 2.91. The molecule has 0 heterocycles. The average molecular weight is 228 g/mol. The monoisotopic (exact) mass is 228 g/mol. The quantitative estimate of drug-likeness (QED) is 0.833. The molecule has 0 amide bonds. The Balaban J connectivity index is 2.69. The van der Waals surface area contributed by atoms with Crippen LogP contribution in [-0.4, -0.2) is 31.5 Å². The van der Waals surface area contributed by atoms with Gasteiger partial charge in [-0.15, -0.1) is 0 Å². The normalized spacial score (nSPS) is 11.3. The highest BCUT2D eigenvalue weighted by atomic mass is 32.2. The van der Waals surface area contributed by atoms with Gasteiger partial charge in [-0.05, 0) is 24.1 Å². The third-order valence-electron chi connectivity index (χ3n) is 1.96. The molecule has 0 saturated heterocycles. The molecule has 0 unspecified atom stereocenters. The highest BCUT2D eigenvalue weighted by molar-refractivity contribution is 7.90. The van der Waals surface area contributed by atoms with E-state index in [-0.39, 0.29) is 11.3 Å². The summed E-state index contributed by atoms with van der Waals surface area (Å²) >= 11 is 0. The lowest BCUT2D eigenvalue weighted by molar-refractivity contribution is 0.0697. The van der Waals surface area contributed by atoms with E-state index < -0.39 is 15.8 Å². The number of hydrogen-bond acceptors (Lipinski definition) is 3. The zero-order valence-corrected chi connectivity index (χ0v) is 9.12. The lowest BCUT2D eigenvalue weighted by Crippen LogP contribution is -2.06. The molecular weight excluding hydrogens is 216 g/mol. The molecule has 82 valence electrons. The summed E-state index contributed by atoms with van der Waals surface area (Å²) in [4.78, 5) is 10.5. The molecule has 1 aromatic carbocycles. The Morgan fingerprint density at radius 2 is 1.80 bits per heavy atom. The van der Waals surface area contributed by atoms with Gasteiger partial charge in [0, 0.05) is 6.26 Å². The van der Waals surface area contributed by atoms with Crippen molar-refractivity contribution in [2.45, 2.75) is 6.42 Å². The molecule has 0 atom stereocenters. The van der Waals surface area contributed by atoms with Crippen molar-refractivity contribution < 1.29 is 18.3 Å². The minimum absolute atomic E-state index is 0.0828. The predicted octanol–water partition coefficient (Wildman–Crippen LogP) is 0.972. The summed E-state index contributed by atoms with van der Waals surface area (Å²) in [6.07, 6.45) is 1.59. The zero-order chi connectivity index (χ0) is 11.5. The molecule has 0 fully saturated rings. The molecule has 5 heteroatoms. The van der Waals surface area contributed by atoms with Crippen LogP contribution < -0.4 is 0 Å². The Morgan fingerprint density at radius 3 is 2.20 bits per heavy atom. The fourth-order valence-corrected chi connectivity index (χ4v) is 1.72. The smallest absolute Gasteiger partial charge is 0.335 e. The first-order chi connectivity index (χ1) is 6.88. The second kappa shape index (κ2) is 4.44. The number of aryl methyl sites for hydroxylation is 1. The summed E-state index contributed by atoms with van der Waals surface area (Å²) in [5.74, 6) is -0.899. The van der Waals surface area contributed by atoms with E-state index in [4.69, 9.17) is 5.11 Å². The molecule has 0 saturated carbocycles. The van der Waals surface area contributed by atoms with Gasteiger partial charge in [-0.2, -0.15) is 0 Å². The number of carboxylic acid groups (broad SMARTS) is 1. The zero-order valence-electron chi connectivity index (χ0n) is 8.30. The largest absolute Gasteiger partial charge is 0.478 e. The van der Waals surface area contributed by atoms with Gasteiger partial charge in [-0.1, -0.05) is 12.1 Å². The second-order valence-electron chi connectivity index (χ2n) is 3.38. The summed E-state index contributed by atoms with van der Waals surface area (Å²) in [5.41, 5.74) is 1.03. The fraction of sp³-hybridized carbons (Fsp3) is 0.300. The summed E-state index contributed by atoms with van der Waals surface area (Å²) < 4.78 is 21.8. The van der Waals surface area contributed by atoms with Crippen molar-refractivity contribution in [3.63, 3.8) is 0 Å². The number of carboxylic acids is 1. The van der Waals surface area contributed by atoms with Gasteiger partial charge in [0.2, 0.25) is 0 Å². The molecule has 1 N–H and O–H groups in total. The number of sulfone groups is 1. The van der Waals surface area contributed by atoms with Crippen molar-refractivity contribution in [2.75, 3.05) is 12.0 Å². The van der Waals surface area contributed by atoms with Crippen LogP contribution in [0.5, 0.6) is 0 Å². The predicted molar refractivity (Wildman–Crippen MR) is 56.8 cm³/mol. The molecule has 1 aromatic rings. The van der Waals surface area contributed by atoms with Crippen LogP contribution in [0.15, 0.2) is 24.3 Å². The van der Waals surface area contributed by atoms with E-state index in [1.54, 1.807) is 12.1 Å². The summed E-state index contributed by atoms with van der Waals surface area (Å²) in [5, 5.41) is 8.64. The maximum absolute atomic E-state index is 10.9. The van der Waals surface area contributed by atoms with Crippen molar-refractivity contribution in [2.24, 2.45) is 0 Å². The van der Waals surface area contributed by atoms with Crippen LogP contribution in [-0.2, 0) is 16.3 Å². The molecule has 4 nitrogen and oxygen atoms in total. The average Bonchev–Trinajstić information content (AvgIpc) is 2.14. The second-order valence-corrected chi connectivity index (χ2v) is 5.64. The van der Waals surface area contributed by atoms with Crippen molar-refractivity contribution in [1.82, 2.24) is 0 Å². The standard InChI is InChI=1S/C10H12O4S/c1-15(13,14)7-6-8-2-4-9(5-3-8)10(11)12/h2-5H,6-7H2,1H3,(H,11,12). The van der Waals surface area contributed by atoms with E-state index in [1.807, 2.05) is 0 Å². The minimum atomic E-state index is -2.97. The number of benzene rings is 1. The van der Waals surface area contributed by atoms with Crippen molar-refractivity contribution in [3.05, 3.63) is 35.4 Å². The lowest BCUT2D eigenvalue weighted by Gasteiger charge is -2.00. The van der Waals surface area contributed by atoms with Crippen LogP contribution in [0, 0.1) is 0 Å². The van der Waals surface area contributed by atoms with Gasteiger partial charge < -0.3 is 5.11 Å². The number of rotatable bonds is 4. The fourth-order valence-electron chi connectivity index (χ4n) is 1.12. The molecule has 0 aliphatic rings. The summed E-state index contributed by atoms with van der Waals surface area (Å²) in [6, 6.07) is 6.21. The van der Waals surface area contributed by atoms with E-state index in [2.05, 4.69) is 0 Å². The molecule has 0 aliphatic carbocycles. The van der Waals surface area contributed by atoms with E-state index in [1.165, 1.54) is 18.4 Å². The van der Waals surface area contributed by atoms with Gasteiger partial charge in [0.25, 0.3) is 0 Å². The molecule has 15 heavy (non-hydrogen) atoms. The van der Waals surface area contributed by atoms with Crippen LogP contribution in [0.1, 0.15) is 15.9 Å². The summed E-state index contributed by atoms with van der Waals surface area (Å²) in [6.45, 7) is 0. The first-order valence-electron chi connectivity index (χ1n) is 4.38. The Hall–Kier alpha value is -1.36. The van der Waals surface area contributed by atoms with Gasteiger partial charge in [-0.3, -0.25) is 0 Å². The van der Waals surface area contributed by atoms with E-state index in [0.29, 0.717) is 6.42 Å². The van der Waals surface area contributed by atoms with Crippen molar-refractivity contribution >= 4 is 15.8 Å². The van der Waals surface area contributed by atoms with E-state index >= 15 is 0 Å². The van der Waals surface area contributed by atoms with Crippen molar-refractivity contribution in [3.8, 4) is 0 Å². The van der Waals surface area contributed by atoms with Gasteiger partial charge in [-0.25, -0.2) is 13.2 Å². The van der Waals surface area contributed by atoms with Crippen LogP contribution in [0.25, 0.3) is 0 Å². The Labute approximate surface area is 88.5 Å². The van der Waals surface area contributed by atoms with Crippen LogP contribution in [0.4, 0.5) is 0 Å². The van der Waals surface area contributed by atoms with Crippen molar-refractivity contribution in [1.29, 1.82) is 0 Å². The third kappa shape index (κ3) is 4.12. The molecule has 0 spiro atoms. The van der Waals surface area contributed by atoms with Crippen LogP contribution in [0.3, 0.4) is 0 Å². The van der Waals surface area contributed by atoms with Gasteiger partial charge in [0.15, 0.2) is 0 Å². The molecule has 0 radical (unpaired) electrons. The lowest BCUT2D eigenvalue weighted by atomic mass is 10.1. The number of aromatic carboxylic acids is 1. The van der Waals surface area contributed by atoms with Gasteiger partial charge in [0.05, 0.1) is 11.3 Å². The molecule has 0 aliphatic heterocycles. The Kier molecular flexibility index (Phi) is 3.47. The van der Waals surface area contributed by atoms with E-state index in [9.17, 15) is 13.2 Å². The van der Waals surface area contributed by atoms with Gasteiger partial charge >= 0.3 is 5.97 Å². The number of carbonyl (C=O) groups is 1. The highest BCUT2D eigenvalue weighted by Gasteiger charge is 2.04.